The molecule has 0 amide bonds. The molecule has 8 heteroatoms. The molecule has 29 heavy (non-hydrogen) atoms. The molecule has 2 rings (SSSR count). The van der Waals surface area contributed by atoms with Crippen LogP contribution in [0.25, 0.3) is 0 Å². The summed E-state index contributed by atoms with van der Waals surface area (Å²) in [6.07, 6.45) is 0.980. The molecule has 1 N–H and O–H groups in total. The van der Waals surface area contributed by atoms with Crippen LogP contribution in [0.4, 0.5) is 0 Å². The number of hydrogen-bond acceptors (Lipinski definition) is 6. The second kappa shape index (κ2) is 12.4. The zero-order valence-electron chi connectivity index (χ0n) is 18.5. The van der Waals surface area contributed by atoms with Crippen molar-refractivity contribution in [1.29, 1.82) is 0 Å². The fraction of sp³-hybridized carbons (Fsp3) is 0.667. The van der Waals surface area contributed by atoms with Crippen LogP contribution in [-0.2, 0) is 11.3 Å². The van der Waals surface area contributed by atoms with E-state index in [1.165, 1.54) is 0 Å². The molecule has 1 aromatic rings. The molecule has 1 fully saturated rings. The molecule has 1 aromatic carbocycles. The molecule has 0 spiro atoms. The monoisotopic (exact) mass is 408 g/mol. The summed E-state index contributed by atoms with van der Waals surface area (Å²) in [5, 5.41) is 3.44. The van der Waals surface area contributed by atoms with Crippen molar-refractivity contribution in [2.45, 2.75) is 19.9 Å². The Bertz CT molecular complexity index is 621. The van der Waals surface area contributed by atoms with Crippen LogP contribution in [0.15, 0.2) is 17.1 Å². The van der Waals surface area contributed by atoms with Crippen LogP contribution in [0.2, 0.25) is 0 Å². The SMILES string of the molecule is CCOCCCNC(=NC)N1CCN(Cc2cc(OC)c(OC)c(OC)c2)CC1. The van der Waals surface area contributed by atoms with Crippen LogP contribution in [0, 0.1) is 0 Å². The molecule has 1 heterocycles. The Morgan fingerprint density at radius 1 is 1.03 bits per heavy atom. The van der Waals surface area contributed by atoms with Gasteiger partial charge in [-0.1, -0.05) is 0 Å². The first kappa shape index (κ1) is 23.1. The van der Waals surface area contributed by atoms with Crippen molar-refractivity contribution >= 4 is 5.96 Å². The van der Waals surface area contributed by atoms with Crippen LogP contribution < -0.4 is 19.5 Å². The average molecular weight is 409 g/mol. The summed E-state index contributed by atoms with van der Waals surface area (Å²) >= 11 is 0. The highest BCUT2D eigenvalue weighted by atomic mass is 16.5. The third-order valence-corrected chi connectivity index (χ3v) is 4.97. The van der Waals surface area contributed by atoms with Gasteiger partial charge in [0.15, 0.2) is 17.5 Å². The maximum Gasteiger partial charge on any atom is 0.203 e. The lowest BCUT2D eigenvalue weighted by Crippen LogP contribution is -2.52. The van der Waals surface area contributed by atoms with Crippen molar-refractivity contribution in [1.82, 2.24) is 15.1 Å². The lowest BCUT2D eigenvalue weighted by molar-refractivity contribution is 0.145. The number of guanidine groups is 1. The molecular formula is C21H36N4O4. The van der Waals surface area contributed by atoms with E-state index in [0.717, 1.165) is 70.4 Å². The van der Waals surface area contributed by atoms with Gasteiger partial charge in [-0.25, -0.2) is 0 Å². The largest absolute Gasteiger partial charge is 0.493 e. The van der Waals surface area contributed by atoms with Gasteiger partial charge in [0.2, 0.25) is 5.75 Å². The molecule has 0 atom stereocenters. The van der Waals surface area contributed by atoms with Gasteiger partial charge in [0.1, 0.15) is 0 Å². The van der Waals surface area contributed by atoms with Crippen molar-refractivity contribution in [3.8, 4) is 17.2 Å². The zero-order valence-corrected chi connectivity index (χ0v) is 18.5. The number of piperazine rings is 1. The van der Waals surface area contributed by atoms with E-state index in [1.807, 2.05) is 26.1 Å². The number of rotatable bonds is 10. The summed E-state index contributed by atoms with van der Waals surface area (Å²) in [6.45, 7) is 9.09. The lowest BCUT2D eigenvalue weighted by atomic mass is 10.1. The summed E-state index contributed by atoms with van der Waals surface area (Å²) in [5.41, 5.74) is 1.14. The zero-order chi connectivity index (χ0) is 21.1. The number of ether oxygens (including phenoxy) is 4. The van der Waals surface area contributed by atoms with Gasteiger partial charge < -0.3 is 29.2 Å². The molecular weight excluding hydrogens is 372 g/mol. The van der Waals surface area contributed by atoms with Gasteiger partial charge in [-0.3, -0.25) is 9.89 Å². The predicted molar refractivity (Wildman–Crippen MR) is 115 cm³/mol. The molecule has 164 valence electrons. The van der Waals surface area contributed by atoms with E-state index in [0.29, 0.717) is 17.2 Å². The highest BCUT2D eigenvalue weighted by Gasteiger charge is 2.21. The van der Waals surface area contributed by atoms with E-state index < -0.39 is 0 Å². The first-order valence-corrected chi connectivity index (χ1v) is 10.2. The second-order valence-corrected chi connectivity index (χ2v) is 6.82. The van der Waals surface area contributed by atoms with Crippen LogP contribution in [0.3, 0.4) is 0 Å². The van der Waals surface area contributed by atoms with E-state index in [9.17, 15) is 0 Å². The Morgan fingerprint density at radius 3 is 2.21 bits per heavy atom. The number of nitrogens with one attached hydrogen (secondary N) is 1. The van der Waals surface area contributed by atoms with Crippen LogP contribution in [-0.4, -0.2) is 90.1 Å². The lowest BCUT2D eigenvalue weighted by Gasteiger charge is -2.36. The minimum atomic E-state index is 0.628. The fourth-order valence-corrected chi connectivity index (χ4v) is 3.45. The van der Waals surface area contributed by atoms with Gasteiger partial charge in [0.25, 0.3) is 0 Å². The Balaban J connectivity index is 1.87. The van der Waals surface area contributed by atoms with Crippen LogP contribution in [0.5, 0.6) is 17.2 Å². The molecule has 1 saturated heterocycles. The number of aliphatic imine (C=N–C) groups is 1. The van der Waals surface area contributed by atoms with Gasteiger partial charge in [-0.05, 0) is 31.0 Å². The van der Waals surface area contributed by atoms with Gasteiger partial charge in [-0.15, -0.1) is 0 Å². The fourth-order valence-electron chi connectivity index (χ4n) is 3.45. The minimum absolute atomic E-state index is 0.628. The Morgan fingerprint density at radius 2 is 1.69 bits per heavy atom. The van der Waals surface area contributed by atoms with Gasteiger partial charge in [-0.2, -0.15) is 0 Å². The van der Waals surface area contributed by atoms with Crippen molar-refractivity contribution in [3.63, 3.8) is 0 Å². The first-order chi connectivity index (χ1) is 14.2. The standard InChI is InChI=1S/C21H36N4O4/c1-6-29-13-7-8-23-21(22-2)25-11-9-24(10-12-25)16-17-14-18(26-3)20(28-5)19(15-17)27-4/h14-15H,6-13,16H2,1-5H3,(H,22,23). The topological polar surface area (TPSA) is 67.8 Å². The second-order valence-electron chi connectivity index (χ2n) is 6.82. The third-order valence-electron chi connectivity index (χ3n) is 4.97. The predicted octanol–water partition coefficient (Wildman–Crippen LogP) is 1.83. The van der Waals surface area contributed by atoms with Gasteiger partial charge >= 0.3 is 0 Å². The smallest absolute Gasteiger partial charge is 0.203 e. The summed E-state index contributed by atoms with van der Waals surface area (Å²) < 4.78 is 21.7. The minimum Gasteiger partial charge on any atom is -0.493 e. The molecule has 8 nitrogen and oxygen atoms in total. The quantitative estimate of drug-likeness (QED) is 0.360. The Kier molecular flexibility index (Phi) is 9.87. The summed E-state index contributed by atoms with van der Waals surface area (Å²) in [4.78, 5) is 9.17. The Labute approximate surface area is 174 Å². The number of hydrogen-bond donors (Lipinski definition) is 1. The number of nitrogens with zero attached hydrogens (tertiary/aromatic N) is 3. The highest BCUT2D eigenvalue weighted by Crippen LogP contribution is 2.38. The van der Waals surface area contributed by atoms with Crippen molar-refractivity contribution in [3.05, 3.63) is 17.7 Å². The van der Waals surface area contributed by atoms with Crippen molar-refractivity contribution in [2.24, 2.45) is 4.99 Å². The Hall–Kier alpha value is -2.19. The molecule has 0 saturated carbocycles. The van der Waals surface area contributed by atoms with Gasteiger partial charge in [0, 0.05) is 59.5 Å². The van der Waals surface area contributed by atoms with E-state index in [2.05, 4.69) is 20.1 Å². The van der Waals surface area contributed by atoms with Crippen LogP contribution in [0.1, 0.15) is 18.9 Å². The molecule has 0 aliphatic carbocycles. The molecule has 1 aliphatic heterocycles. The van der Waals surface area contributed by atoms with E-state index in [1.54, 1.807) is 21.3 Å². The summed E-state index contributed by atoms with van der Waals surface area (Å²) in [6, 6.07) is 4.04. The van der Waals surface area contributed by atoms with E-state index >= 15 is 0 Å². The summed E-state index contributed by atoms with van der Waals surface area (Å²) in [5.74, 6) is 2.98. The molecule has 1 aliphatic rings. The normalized spacial score (nSPS) is 15.3. The average Bonchev–Trinajstić information content (AvgIpc) is 2.76. The summed E-state index contributed by atoms with van der Waals surface area (Å²) in [7, 11) is 6.75. The van der Waals surface area contributed by atoms with E-state index in [-0.39, 0.29) is 0 Å². The maximum absolute atomic E-state index is 5.47. The first-order valence-electron chi connectivity index (χ1n) is 10.2. The number of benzene rings is 1. The highest BCUT2D eigenvalue weighted by molar-refractivity contribution is 5.79. The molecule has 0 bridgehead atoms. The number of methoxy groups -OCH3 is 3. The van der Waals surface area contributed by atoms with Crippen molar-refractivity contribution in [2.75, 3.05) is 74.3 Å². The molecule has 0 aromatic heterocycles. The molecule has 0 radical (unpaired) electrons. The van der Waals surface area contributed by atoms with Gasteiger partial charge in [0.05, 0.1) is 21.3 Å². The maximum atomic E-state index is 5.47. The third kappa shape index (κ3) is 6.68. The van der Waals surface area contributed by atoms with Crippen LogP contribution >= 0.6 is 0 Å². The van der Waals surface area contributed by atoms with Crippen molar-refractivity contribution < 1.29 is 18.9 Å². The van der Waals surface area contributed by atoms with E-state index in [4.69, 9.17) is 18.9 Å². The molecule has 0 unspecified atom stereocenters.